The van der Waals surface area contributed by atoms with Crippen LogP contribution in [0.1, 0.15) is 44.7 Å². The molecular weight excluding hydrogens is 286 g/mol. The van der Waals surface area contributed by atoms with Gasteiger partial charge in [0.25, 0.3) is 0 Å². The summed E-state index contributed by atoms with van der Waals surface area (Å²) in [5, 5.41) is 0. The van der Waals surface area contributed by atoms with Crippen molar-refractivity contribution in [1.82, 2.24) is 9.80 Å². The minimum atomic E-state index is 0.278. The van der Waals surface area contributed by atoms with Crippen LogP contribution >= 0.6 is 0 Å². The Morgan fingerprint density at radius 2 is 1.83 bits per heavy atom. The lowest BCUT2D eigenvalue weighted by atomic mass is 10.0. The van der Waals surface area contributed by atoms with Crippen LogP contribution in [0.25, 0.3) is 0 Å². The third-order valence-corrected chi connectivity index (χ3v) is 4.89. The predicted molar refractivity (Wildman–Crippen MR) is 96.9 cm³/mol. The van der Waals surface area contributed by atoms with E-state index in [1.807, 2.05) is 0 Å². The Morgan fingerprint density at radius 1 is 1.13 bits per heavy atom. The van der Waals surface area contributed by atoms with E-state index in [9.17, 15) is 0 Å². The Bertz CT molecular complexity index is 442. The highest BCUT2D eigenvalue weighted by Gasteiger charge is 2.23. The van der Waals surface area contributed by atoms with Gasteiger partial charge >= 0.3 is 0 Å². The number of likely N-dealkylation sites (tertiary alicyclic amines) is 1. The molecule has 130 valence electrons. The topological polar surface area (TPSA) is 41.7 Å². The second kappa shape index (κ2) is 9.91. The number of nitrogens with zero attached hydrogens (tertiary/aromatic N) is 2. The molecule has 0 aromatic heterocycles. The van der Waals surface area contributed by atoms with Crippen LogP contribution in [-0.2, 0) is 0 Å². The smallest absolute Gasteiger partial charge is 0.124 e. The molecule has 0 saturated carbocycles. The number of rotatable bonds is 9. The lowest BCUT2D eigenvalue weighted by Crippen LogP contribution is -2.37. The van der Waals surface area contributed by atoms with E-state index in [0.29, 0.717) is 6.54 Å². The first-order valence-corrected chi connectivity index (χ1v) is 9.18. The van der Waals surface area contributed by atoms with E-state index in [1.54, 1.807) is 0 Å². The van der Waals surface area contributed by atoms with Gasteiger partial charge in [0.1, 0.15) is 12.4 Å². The monoisotopic (exact) mass is 319 g/mol. The van der Waals surface area contributed by atoms with E-state index >= 15 is 0 Å². The molecule has 1 aliphatic rings. The standard InChI is InChI=1S/C19H33N3O/c1-3-21(4-2)14-15-23-19-11-7-6-10-17(19)18(16-20)22-12-8-5-9-13-22/h6-7,10-11,18H,3-5,8-9,12-16,20H2,1-2H3. The van der Waals surface area contributed by atoms with E-state index in [-0.39, 0.29) is 6.04 Å². The van der Waals surface area contributed by atoms with Crippen LogP contribution < -0.4 is 10.5 Å². The zero-order valence-corrected chi connectivity index (χ0v) is 14.8. The molecule has 0 aliphatic carbocycles. The van der Waals surface area contributed by atoms with Crippen LogP contribution in [0.4, 0.5) is 0 Å². The fourth-order valence-corrected chi connectivity index (χ4v) is 3.41. The minimum Gasteiger partial charge on any atom is -0.492 e. The van der Waals surface area contributed by atoms with Crippen LogP contribution in [0.5, 0.6) is 5.75 Å². The number of ether oxygens (including phenoxy) is 1. The fraction of sp³-hybridized carbons (Fsp3) is 0.684. The molecule has 2 N–H and O–H groups in total. The summed E-state index contributed by atoms with van der Waals surface area (Å²) in [5.74, 6) is 1.00. The van der Waals surface area contributed by atoms with Crippen LogP contribution in [0.15, 0.2) is 24.3 Å². The molecule has 23 heavy (non-hydrogen) atoms. The molecule has 1 aromatic carbocycles. The van der Waals surface area contributed by atoms with E-state index in [4.69, 9.17) is 10.5 Å². The number of hydrogen-bond donors (Lipinski definition) is 1. The van der Waals surface area contributed by atoms with Gasteiger partial charge in [0.05, 0.1) is 6.04 Å². The highest BCUT2D eigenvalue weighted by molar-refractivity contribution is 5.36. The maximum absolute atomic E-state index is 6.12. The van der Waals surface area contributed by atoms with Crippen molar-refractivity contribution in [2.45, 2.75) is 39.2 Å². The molecule has 2 rings (SSSR count). The second-order valence-electron chi connectivity index (χ2n) is 6.26. The molecule has 1 unspecified atom stereocenters. The highest BCUT2D eigenvalue weighted by atomic mass is 16.5. The first-order valence-electron chi connectivity index (χ1n) is 9.18. The van der Waals surface area contributed by atoms with Crippen LogP contribution in [-0.4, -0.2) is 55.7 Å². The average Bonchev–Trinajstić information content (AvgIpc) is 2.61. The first kappa shape index (κ1) is 18.2. The van der Waals surface area contributed by atoms with Crippen molar-refractivity contribution >= 4 is 0 Å². The lowest BCUT2D eigenvalue weighted by Gasteiger charge is -2.35. The Morgan fingerprint density at radius 3 is 2.48 bits per heavy atom. The maximum atomic E-state index is 6.12. The average molecular weight is 319 g/mol. The molecule has 1 atom stereocenters. The van der Waals surface area contributed by atoms with Crippen molar-refractivity contribution in [3.8, 4) is 5.75 Å². The molecule has 4 heteroatoms. The van der Waals surface area contributed by atoms with Crippen LogP contribution in [0.3, 0.4) is 0 Å². The second-order valence-corrected chi connectivity index (χ2v) is 6.26. The summed E-state index contributed by atoms with van der Waals surface area (Å²) in [6.07, 6.45) is 3.90. The van der Waals surface area contributed by atoms with Gasteiger partial charge in [-0.1, -0.05) is 38.5 Å². The number of hydrogen-bond acceptors (Lipinski definition) is 4. The molecule has 1 aromatic rings. The molecule has 1 aliphatic heterocycles. The number of likely N-dealkylation sites (N-methyl/N-ethyl adjacent to an activating group) is 1. The molecule has 1 heterocycles. The van der Waals surface area contributed by atoms with Crippen LogP contribution in [0.2, 0.25) is 0 Å². The number of benzene rings is 1. The summed E-state index contributed by atoms with van der Waals surface area (Å²) in [5.41, 5.74) is 7.37. The molecule has 0 spiro atoms. The molecular formula is C19H33N3O. The first-order chi connectivity index (χ1) is 11.3. The van der Waals surface area contributed by atoms with Gasteiger partial charge in [0.15, 0.2) is 0 Å². The Balaban J connectivity index is 2.03. The molecule has 4 nitrogen and oxygen atoms in total. The summed E-state index contributed by atoms with van der Waals surface area (Å²) >= 11 is 0. The summed E-state index contributed by atoms with van der Waals surface area (Å²) in [6.45, 7) is 11.2. The number of piperidine rings is 1. The van der Waals surface area contributed by atoms with Gasteiger partial charge in [-0.3, -0.25) is 4.90 Å². The summed E-state index contributed by atoms with van der Waals surface area (Å²) in [6, 6.07) is 8.70. The molecule has 0 bridgehead atoms. The van der Waals surface area contributed by atoms with Gasteiger partial charge in [-0.15, -0.1) is 0 Å². The van der Waals surface area contributed by atoms with Gasteiger partial charge in [-0.25, -0.2) is 0 Å². The highest BCUT2D eigenvalue weighted by Crippen LogP contribution is 2.30. The summed E-state index contributed by atoms with van der Waals surface area (Å²) < 4.78 is 6.12. The maximum Gasteiger partial charge on any atom is 0.124 e. The van der Waals surface area contributed by atoms with Crippen molar-refractivity contribution in [3.63, 3.8) is 0 Å². The fourth-order valence-electron chi connectivity index (χ4n) is 3.41. The Hall–Kier alpha value is -1.10. The summed E-state index contributed by atoms with van der Waals surface area (Å²) in [4.78, 5) is 4.91. The van der Waals surface area contributed by atoms with Crippen LogP contribution in [0, 0.1) is 0 Å². The van der Waals surface area contributed by atoms with Crippen molar-refractivity contribution in [3.05, 3.63) is 29.8 Å². The number of nitrogens with two attached hydrogens (primary N) is 1. The van der Waals surface area contributed by atoms with Gasteiger partial charge in [0, 0.05) is 18.7 Å². The Labute approximate surface area is 141 Å². The third kappa shape index (κ3) is 5.20. The summed E-state index contributed by atoms with van der Waals surface area (Å²) in [7, 11) is 0. The van der Waals surface area contributed by atoms with Gasteiger partial charge in [-0.2, -0.15) is 0 Å². The normalized spacial score (nSPS) is 17.4. The lowest BCUT2D eigenvalue weighted by molar-refractivity contribution is 0.161. The van der Waals surface area contributed by atoms with Crippen molar-refractivity contribution in [2.75, 3.05) is 45.9 Å². The number of para-hydroxylation sites is 1. The largest absolute Gasteiger partial charge is 0.492 e. The molecule has 1 saturated heterocycles. The van der Waals surface area contributed by atoms with Gasteiger partial charge in [0.2, 0.25) is 0 Å². The quantitative estimate of drug-likeness (QED) is 0.760. The molecule has 0 radical (unpaired) electrons. The minimum absolute atomic E-state index is 0.278. The molecule has 0 amide bonds. The van der Waals surface area contributed by atoms with E-state index in [2.05, 4.69) is 47.9 Å². The van der Waals surface area contributed by atoms with Gasteiger partial charge < -0.3 is 15.4 Å². The Kier molecular flexibility index (Phi) is 7.86. The predicted octanol–water partition coefficient (Wildman–Crippen LogP) is 2.89. The zero-order valence-electron chi connectivity index (χ0n) is 14.8. The molecule has 1 fully saturated rings. The zero-order chi connectivity index (χ0) is 16.5. The van der Waals surface area contributed by atoms with E-state index in [0.717, 1.165) is 45.1 Å². The van der Waals surface area contributed by atoms with Gasteiger partial charge in [-0.05, 0) is 45.1 Å². The van der Waals surface area contributed by atoms with Crippen molar-refractivity contribution < 1.29 is 4.74 Å². The SMILES string of the molecule is CCN(CC)CCOc1ccccc1C(CN)N1CCCCC1. The van der Waals surface area contributed by atoms with Crippen molar-refractivity contribution in [1.29, 1.82) is 0 Å². The van der Waals surface area contributed by atoms with Crippen molar-refractivity contribution in [2.24, 2.45) is 5.73 Å². The van der Waals surface area contributed by atoms with E-state index < -0.39 is 0 Å². The third-order valence-electron chi connectivity index (χ3n) is 4.89. The van der Waals surface area contributed by atoms with E-state index in [1.165, 1.54) is 24.8 Å².